The number of carbonyl (C=O) groups excluding carboxylic acids is 1. The molecule has 144 valence electrons. The lowest BCUT2D eigenvalue weighted by Gasteiger charge is -2.31. The second kappa shape index (κ2) is 8.06. The number of piperidine rings is 1. The SMILES string of the molecule is COc1ccc(S(=O)(=O)N2CCCC(C(=O)Nc3cc(C)ccn3)C2)cc1. The molecule has 0 spiro atoms. The number of ether oxygens (including phenoxy) is 1. The van der Waals surface area contributed by atoms with Crippen molar-refractivity contribution in [1.29, 1.82) is 0 Å². The highest BCUT2D eigenvalue weighted by Crippen LogP contribution is 2.25. The number of sulfonamides is 1. The van der Waals surface area contributed by atoms with E-state index in [-0.39, 0.29) is 17.3 Å². The summed E-state index contributed by atoms with van der Waals surface area (Å²) in [6.45, 7) is 2.48. The summed E-state index contributed by atoms with van der Waals surface area (Å²) in [5.41, 5.74) is 0.993. The van der Waals surface area contributed by atoms with Crippen molar-refractivity contribution in [3.8, 4) is 5.75 Å². The Morgan fingerprint density at radius 1 is 1.26 bits per heavy atom. The molecule has 1 N–H and O–H groups in total. The molecule has 1 aliphatic rings. The van der Waals surface area contributed by atoms with Gasteiger partial charge in [-0.1, -0.05) is 0 Å². The van der Waals surface area contributed by atoms with Gasteiger partial charge in [-0.15, -0.1) is 0 Å². The van der Waals surface area contributed by atoms with Crippen molar-refractivity contribution >= 4 is 21.7 Å². The summed E-state index contributed by atoms with van der Waals surface area (Å²) in [6, 6.07) is 9.91. The van der Waals surface area contributed by atoms with Gasteiger partial charge in [-0.2, -0.15) is 4.31 Å². The van der Waals surface area contributed by atoms with Gasteiger partial charge >= 0.3 is 0 Å². The van der Waals surface area contributed by atoms with Gasteiger partial charge in [0.15, 0.2) is 0 Å². The second-order valence-electron chi connectivity index (χ2n) is 6.59. The Balaban J connectivity index is 1.71. The van der Waals surface area contributed by atoms with Gasteiger partial charge in [0.05, 0.1) is 17.9 Å². The fraction of sp³-hybridized carbons (Fsp3) is 0.368. The molecule has 1 amide bonds. The summed E-state index contributed by atoms with van der Waals surface area (Å²) < 4.78 is 32.3. The molecule has 1 unspecified atom stereocenters. The number of pyridine rings is 1. The molecule has 0 saturated carbocycles. The number of carbonyl (C=O) groups is 1. The fourth-order valence-corrected chi connectivity index (χ4v) is 4.63. The van der Waals surface area contributed by atoms with Gasteiger partial charge in [-0.3, -0.25) is 4.79 Å². The smallest absolute Gasteiger partial charge is 0.243 e. The lowest BCUT2D eigenvalue weighted by atomic mass is 9.99. The zero-order valence-electron chi connectivity index (χ0n) is 15.4. The maximum absolute atomic E-state index is 12.9. The van der Waals surface area contributed by atoms with Crippen molar-refractivity contribution in [1.82, 2.24) is 9.29 Å². The predicted molar refractivity (Wildman–Crippen MR) is 102 cm³/mol. The Hall–Kier alpha value is -2.45. The van der Waals surface area contributed by atoms with Crippen LogP contribution in [0.15, 0.2) is 47.5 Å². The van der Waals surface area contributed by atoms with Gasteiger partial charge in [0.1, 0.15) is 11.6 Å². The zero-order chi connectivity index (χ0) is 19.4. The fourth-order valence-electron chi connectivity index (χ4n) is 3.10. The first-order valence-corrected chi connectivity index (χ1v) is 10.2. The van der Waals surface area contributed by atoms with E-state index in [2.05, 4.69) is 10.3 Å². The molecule has 27 heavy (non-hydrogen) atoms. The average Bonchev–Trinajstić information content (AvgIpc) is 2.68. The Morgan fingerprint density at radius 2 is 2.00 bits per heavy atom. The molecule has 1 saturated heterocycles. The summed E-state index contributed by atoms with van der Waals surface area (Å²) in [4.78, 5) is 16.9. The number of aromatic nitrogens is 1. The molecule has 0 radical (unpaired) electrons. The van der Waals surface area contributed by atoms with Gasteiger partial charge in [0, 0.05) is 19.3 Å². The van der Waals surface area contributed by atoms with Crippen LogP contribution in [0.4, 0.5) is 5.82 Å². The Morgan fingerprint density at radius 3 is 2.67 bits per heavy atom. The minimum atomic E-state index is -3.65. The topological polar surface area (TPSA) is 88.6 Å². The quantitative estimate of drug-likeness (QED) is 0.848. The lowest BCUT2D eigenvalue weighted by Crippen LogP contribution is -2.43. The monoisotopic (exact) mass is 389 g/mol. The lowest BCUT2D eigenvalue weighted by molar-refractivity contribution is -0.120. The molecule has 8 heteroatoms. The molecule has 1 aromatic heterocycles. The molecule has 2 heterocycles. The highest BCUT2D eigenvalue weighted by Gasteiger charge is 2.33. The van der Waals surface area contributed by atoms with Crippen LogP contribution in [0.25, 0.3) is 0 Å². The number of anilines is 1. The standard InChI is InChI=1S/C19H23N3O4S/c1-14-9-10-20-18(12-14)21-19(23)15-4-3-11-22(13-15)27(24,25)17-7-5-16(26-2)6-8-17/h5-10,12,15H,3-4,11,13H2,1-2H3,(H,20,21,23). The minimum Gasteiger partial charge on any atom is -0.497 e. The van der Waals surface area contributed by atoms with Crippen LogP contribution in [0.3, 0.4) is 0 Å². The average molecular weight is 389 g/mol. The third-order valence-electron chi connectivity index (χ3n) is 4.62. The normalized spacial score (nSPS) is 18.1. The van der Waals surface area contributed by atoms with Crippen molar-refractivity contribution in [2.45, 2.75) is 24.7 Å². The highest BCUT2D eigenvalue weighted by atomic mass is 32.2. The van der Waals surface area contributed by atoms with E-state index in [0.717, 1.165) is 5.56 Å². The third kappa shape index (κ3) is 4.45. The van der Waals surface area contributed by atoms with E-state index in [4.69, 9.17) is 4.74 Å². The predicted octanol–water partition coefficient (Wildman–Crippen LogP) is 2.44. The summed E-state index contributed by atoms with van der Waals surface area (Å²) in [7, 11) is -2.12. The van der Waals surface area contributed by atoms with Crippen LogP contribution in [0.2, 0.25) is 0 Å². The van der Waals surface area contributed by atoms with E-state index >= 15 is 0 Å². The Bertz CT molecular complexity index is 913. The number of benzene rings is 1. The van der Waals surface area contributed by atoms with Crippen LogP contribution in [-0.4, -0.2) is 43.8 Å². The molecule has 0 bridgehead atoms. The number of methoxy groups -OCH3 is 1. The maximum Gasteiger partial charge on any atom is 0.243 e. The Kier molecular flexibility index (Phi) is 5.76. The largest absolute Gasteiger partial charge is 0.497 e. The van der Waals surface area contributed by atoms with Crippen LogP contribution in [0, 0.1) is 12.8 Å². The van der Waals surface area contributed by atoms with Crippen molar-refractivity contribution in [2.24, 2.45) is 5.92 Å². The molecule has 1 atom stereocenters. The maximum atomic E-state index is 12.9. The van der Waals surface area contributed by atoms with Gasteiger partial charge in [-0.05, 0) is 61.7 Å². The summed E-state index contributed by atoms with van der Waals surface area (Å²) in [6.07, 6.45) is 2.91. The summed E-state index contributed by atoms with van der Waals surface area (Å²) >= 11 is 0. The van der Waals surface area contributed by atoms with Crippen molar-refractivity contribution < 1.29 is 17.9 Å². The number of nitrogens with zero attached hydrogens (tertiary/aromatic N) is 2. The number of aryl methyl sites for hydroxylation is 1. The van der Waals surface area contributed by atoms with Crippen LogP contribution >= 0.6 is 0 Å². The molecular formula is C19H23N3O4S. The number of hydrogen-bond donors (Lipinski definition) is 1. The molecule has 0 aliphatic carbocycles. The molecular weight excluding hydrogens is 366 g/mol. The van der Waals surface area contributed by atoms with E-state index in [1.165, 1.54) is 23.5 Å². The van der Waals surface area contributed by atoms with Crippen LogP contribution in [-0.2, 0) is 14.8 Å². The van der Waals surface area contributed by atoms with Gasteiger partial charge < -0.3 is 10.1 Å². The third-order valence-corrected chi connectivity index (χ3v) is 6.50. The first-order chi connectivity index (χ1) is 12.9. The van der Waals surface area contributed by atoms with Crippen LogP contribution in [0.5, 0.6) is 5.75 Å². The van der Waals surface area contributed by atoms with E-state index in [1.54, 1.807) is 24.4 Å². The number of hydrogen-bond acceptors (Lipinski definition) is 5. The van der Waals surface area contributed by atoms with E-state index in [0.29, 0.717) is 31.0 Å². The number of rotatable bonds is 5. The molecule has 1 aliphatic heterocycles. The van der Waals surface area contributed by atoms with E-state index in [1.807, 2.05) is 13.0 Å². The van der Waals surface area contributed by atoms with E-state index in [9.17, 15) is 13.2 Å². The number of nitrogens with one attached hydrogen (secondary N) is 1. The summed E-state index contributed by atoms with van der Waals surface area (Å²) in [5.74, 6) is 0.461. The van der Waals surface area contributed by atoms with Crippen LogP contribution < -0.4 is 10.1 Å². The highest BCUT2D eigenvalue weighted by molar-refractivity contribution is 7.89. The molecule has 1 fully saturated rings. The van der Waals surface area contributed by atoms with Gasteiger partial charge in [-0.25, -0.2) is 13.4 Å². The molecule has 7 nitrogen and oxygen atoms in total. The number of amides is 1. The Labute approximate surface area is 159 Å². The molecule has 1 aromatic carbocycles. The molecule has 3 rings (SSSR count). The minimum absolute atomic E-state index is 0.159. The zero-order valence-corrected chi connectivity index (χ0v) is 16.2. The van der Waals surface area contributed by atoms with Crippen molar-refractivity contribution in [2.75, 3.05) is 25.5 Å². The first-order valence-electron chi connectivity index (χ1n) is 8.78. The van der Waals surface area contributed by atoms with E-state index < -0.39 is 15.9 Å². The summed E-state index contributed by atoms with van der Waals surface area (Å²) in [5, 5.41) is 2.79. The molecule has 2 aromatic rings. The van der Waals surface area contributed by atoms with Crippen molar-refractivity contribution in [3.05, 3.63) is 48.2 Å². The second-order valence-corrected chi connectivity index (χ2v) is 8.52. The first kappa shape index (κ1) is 19.3. The van der Waals surface area contributed by atoms with Crippen LogP contribution in [0.1, 0.15) is 18.4 Å². The van der Waals surface area contributed by atoms with Gasteiger partial charge in [0.2, 0.25) is 15.9 Å². The van der Waals surface area contributed by atoms with Crippen molar-refractivity contribution in [3.63, 3.8) is 0 Å². The van der Waals surface area contributed by atoms with Gasteiger partial charge in [0.25, 0.3) is 0 Å².